The number of fused-ring (bicyclic) bond motifs is 1. The van der Waals surface area contributed by atoms with Gasteiger partial charge < -0.3 is 5.73 Å². The molecule has 2 N–H and O–H groups in total. The van der Waals surface area contributed by atoms with Crippen molar-refractivity contribution >= 4 is 17.7 Å². The first-order chi connectivity index (χ1) is 5.70. The van der Waals surface area contributed by atoms with E-state index in [2.05, 4.69) is 5.10 Å². The molecular formula is C7H9N3OS. The predicted octanol–water partition coefficient (Wildman–Crippen LogP) is 0.266. The number of hydrogen-bond acceptors (Lipinski definition) is 3. The number of nitrogens with zero attached hydrogens (tertiary/aromatic N) is 2. The molecule has 0 radical (unpaired) electrons. The number of carbonyl (C=O) groups is 1. The first-order valence-corrected chi connectivity index (χ1v) is 4.78. The number of hydrogen-bond donors (Lipinski definition) is 1. The molecule has 5 heteroatoms. The van der Waals surface area contributed by atoms with Gasteiger partial charge in [-0.05, 0) is 0 Å². The molecule has 0 atom stereocenters. The van der Waals surface area contributed by atoms with Crippen molar-refractivity contribution in [1.29, 1.82) is 0 Å². The fourth-order valence-corrected chi connectivity index (χ4v) is 2.55. The van der Waals surface area contributed by atoms with E-state index < -0.39 is 5.91 Å². The Morgan fingerprint density at radius 3 is 3.08 bits per heavy atom. The predicted molar refractivity (Wildman–Crippen MR) is 46.7 cm³/mol. The van der Waals surface area contributed by atoms with Gasteiger partial charge in [-0.1, -0.05) is 0 Å². The normalized spacial score (nSPS) is 14.8. The van der Waals surface area contributed by atoms with E-state index in [-0.39, 0.29) is 0 Å². The summed E-state index contributed by atoms with van der Waals surface area (Å²) in [6.45, 7) is 0. The Hall–Kier alpha value is -0.970. The fourth-order valence-electron chi connectivity index (χ4n) is 1.38. The van der Waals surface area contributed by atoms with Gasteiger partial charge in [0.05, 0.1) is 5.69 Å². The summed E-state index contributed by atoms with van der Waals surface area (Å²) in [7, 11) is 1.84. The first kappa shape index (κ1) is 7.67. The van der Waals surface area contributed by atoms with Crippen LogP contribution in [0.3, 0.4) is 0 Å². The molecular weight excluding hydrogens is 174 g/mol. The molecule has 1 amide bonds. The number of primary amides is 1. The molecule has 1 aliphatic rings. The average Bonchev–Trinajstić information content (AvgIpc) is 2.53. The lowest BCUT2D eigenvalue weighted by Gasteiger charge is -1.92. The van der Waals surface area contributed by atoms with Crippen LogP contribution in [0.15, 0.2) is 0 Å². The molecule has 0 fully saturated rings. The molecule has 2 heterocycles. The smallest absolute Gasteiger partial charge is 0.269 e. The Morgan fingerprint density at radius 1 is 1.67 bits per heavy atom. The van der Waals surface area contributed by atoms with Crippen LogP contribution in [0, 0.1) is 0 Å². The van der Waals surface area contributed by atoms with E-state index in [9.17, 15) is 4.79 Å². The minimum Gasteiger partial charge on any atom is -0.364 e. The fraction of sp³-hybridized carbons (Fsp3) is 0.429. The zero-order valence-electron chi connectivity index (χ0n) is 6.70. The van der Waals surface area contributed by atoms with E-state index in [1.54, 1.807) is 16.4 Å². The average molecular weight is 183 g/mol. The maximum absolute atomic E-state index is 10.9. The SMILES string of the molecule is Cn1nc(C(N)=O)c2c1CSC2. The van der Waals surface area contributed by atoms with Crippen molar-refractivity contribution in [2.24, 2.45) is 12.8 Å². The van der Waals surface area contributed by atoms with Gasteiger partial charge >= 0.3 is 0 Å². The van der Waals surface area contributed by atoms with E-state index in [1.165, 1.54) is 0 Å². The Labute approximate surface area is 74.1 Å². The topological polar surface area (TPSA) is 60.9 Å². The molecule has 0 saturated carbocycles. The zero-order valence-corrected chi connectivity index (χ0v) is 7.52. The van der Waals surface area contributed by atoms with E-state index in [4.69, 9.17) is 5.73 Å². The van der Waals surface area contributed by atoms with E-state index in [0.717, 1.165) is 22.8 Å². The van der Waals surface area contributed by atoms with Gasteiger partial charge in [0.25, 0.3) is 5.91 Å². The van der Waals surface area contributed by atoms with Crippen molar-refractivity contribution in [3.05, 3.63) is 17.0 Å². The summed E-state index contributed by atoms with van der Waals surface area (Å²) >= 11 is 1.79. The molecule has 1 aromatic heterocycles. The van der Waals surface area contributed by atoms with Crippen molar-refractivity contribution < 1.29 is 4.79 Å². The van der Waals surface area contributed by atoms with Gasteiger partial charge in [-0.15, -0.1) is 0 Å². The Bertz CT molecular complexity index is 345. The number of aryl methyl sites for hydroxylation is 1. The largest absolute Gasteiger partial charge is 0.364 e. The van der Waals surface area contributed by atoms with Gasteiger partial charge in [0, 0.05) is 24.1 Å². The van der Waals surface area contributed by atoms with Crippen molar-refractivity contribution in [2.75, 3.05) is 0 Å². The maximum Gasteiger partial charge on any atom is 0.269 e. The number of amides is 1. The molecule has 0 aliphatic carbocycles. The van der Waals surface area contributed by atoms with Crippen molar-refractivity contribution in [3.8, 4) is 0 Å². The minimum absolute atomic E-state index is 0.422. The van der Waals surface area contributed by atoms with Gasteiger partial charge in [-0.2, -0.15) is 16.9 Å². The van der Waals surface area contributed by atoms with Crippen LogP contribution in [0.1, 0.15) is 21.7 Å². The van der Waals surface area contributed by atoms with Crippen LogP contribution in [-0.2, 0) is 18.6 Å². The van der Waals surface area contributed by atoms with Crippen LogP contribution < -0.4 is 5.73 Å². The second-order valence-corrected chi connectivity index (χ2v) is 3.74. The quantitative estimate of drug-likeness (QED) is 0.679. The molecule has 1 aliphatic heterocycles. The molecule has 12 heavy (non-hydrogen) atoms. The van der Waals surface area contributed by atoms with Crippen molar-refractivity contribution in [2.45, 2.75) is 11.5 Å². The lowest BCUT2D eigenvalue weighted by molar-refractivity contribution is 0.0994. The lowest BCUT2D eigenvalue weighted by atomic mass is 10.2. The second-order valence-electron chi connectivity index (χ2n) is 2.75. The van der Waals surface area contributed by atoms with Crippen molar-refractivity contribution in [3.63, 3.8) is 0 Å². The van der Waals surface area contributed by atoms with Gasteiger partial charge in [0.2, 0.25) is 0 Å². The molecule has 64 valence electrons. The molecule has 0 bridgehead atoms. The van der Waals surface area contributed by atoms with Gasteiger partial charge in [-0.25, -0.2) is 0 Å². The highest BCUT2D eigenvalue weighted by Gasteiger charge is 2.23. The van der Waals surface area contributed by atoms with Crippen LogP contribution in [0.5, 0.6) is 0 Å². The van der Waals surface area contributed by atoms with Crippen LogP contribution in [-0.4, -0.2) is 15.7 Å². The second kappa shape index (κ2) is 2.52. The summed E-state index contributed by atoms with van der Waals surface area (Å²) in [5.41, 5.74) is 7.77. The van der Waals surface area contributed by atoms with Gasteiger partial charge in [0.1, 0.15) is 0 Å². The van der Waals surface area contributed by atoms with Crippen LogP contribution in [0.2, 0.25) is 0 Å². The Kier molecular flexibility index (Phi) is 1.61. The Balaban J connectivity index is 2.58. The third-order valence-corrected chi connectivity index (χ3v) is 2.96. The zero-order chi connectivity index (χ0) is 8.72. The third kappa shape index (κ3) is 0.929. The summed E-state index contributed by atoms with van der Waals surface area (Å²) < 4.78 is 1.75. The molecule has 1 aromatic rings. The highest BCUT2D eigenvalue weighted by atomic mass is 32.2. The lowest BCUT2D eigenvalue weighted by Crippen LogP contribution is -2.13. The van der Waals surface area contributed by atoms with Crippen LogP contribution >= 0.6 is 11.8 Å². The van der Waals surface area contributed by atoms with E-state index >= 15 is 0 Å². The van der Waals surface area contributed by atoms with Crippen LogP contribution in [0.25, 0.3) is 0 Å². The minimum atomic E-state index is -0.422. The third-order valence-electron chi connectivity index (χ3n) is 1.99. The number of carbonyl (C=O) groups excluding carboxylic acids is 1. The number of rotatable bonds is 1. The standard InChI is InChI=1S/C7H9N3OS/c1-10-5-3-12-2-4(5)6(9-10)7(8)11/h2-3H2,1H3,(H2,8,11). The van der Waals surface area contributed by atoms with Crippen molar-refractivity contribution in [1.82, 2.24) is 9.78 Å². The molecule has 0 saturated heterocycles. The molecule has 0 unspecified atom stereocenters. The van der Waals surface area contributed by atoms with Gasteiger partial charge in [-0.3, -0.25) is 9.48 Å². The summed E-state index contributed by atoms with van der Waals surface area (Å²) in [4.78, 5) is 10.9. The summed E-state index contributed by atoms with van der Waals surface area (Å²) in [5, 5.41) is 4.06. The maximum atomic E-state index is 10.9. The molecule has 0 aromatic carbocycles. The Morgan fingerprint density at radius 2 is 2.42 bits per heavy atom. The number of nitrogens with two attached hydrogens (primary N) is 1. The summed E-state index contributed by atoms with van der Waals surface area (Å²) in [5.74, 6) is 1.38. The summed E-state index contributed by atoms with van der Waals surface area (Å²) in [6.07, 6.45) is 0. The van der Waals surface area contributed by atoms with Crippen LogP contribution in [0.4, 0.5) is 0 Å². The first-order valence-electron chi connectivity index (χ1n) is 3.62. The molecule has 4 nitrogen and oxygen atoms in total. The van der Waals surface area contributed by atoms with Gasteiger partial charge in [0.15, 0.2) is 5.69 Å². The molecule has 0 spiro atoms. The number of aromatic nitrogens is 2. The number of thioether (sulfide) groups is 1. The highest BCUT2D eigenvalue weighted by molar-refractivity contribution is 7.98. The summed E-state index contributed by atoms with van der Waals surface area (Å²) in [6, 6.07) is 0. The molecule has 2 rings (SSSR count). The van der Waals surface area contributed by atoms with E-state index in [0.29, 0.717) is 5.69 Å². The highest BCUT2D eigenvalue weighted by Crippen LogP contribution is 2.31. The van der Waals surface area contributed by atoms with E-state index in [1.807, 2.05) is 7.05 Å². The monoisotopic (exact) mass is 183 g/mol.